The van der Waals surface area contributed by atoms with Crippen molar-refractivity contribution in [2.45, 2.75) is 45.5 Å². The third-order valence-corrected chi connectivity index (χ3v) is 3.84. The van der Waals surface area contributed by atoms with E-state index in [4.69, 9.17) is 0 Å². The molecule has 0 aliphatic carbocycles. The van der Waals surface area contributed by atoms with E-state index in [1.54, 1.807) is 0 Å². The van der Waals surface area contributed by atoms with Crippen LogP contribution >= 0.6 is 0 Å². The molecule has 2 rings (SSSR count). The fraction of sp³-hybridized carbons (Fsp3) is 0.533. The van der Waals surface area contributed by atoms with Crippen molar-refractivity contribution in [1.29, 1.82) is 0 Å². The van der Waals surface area contributed by atoms with Gasteiger partial charge in [-0.1, -0.05) is 0 Å². The lowest BCUT2D eigenvalue weighted by Crippen LogP contribution is -2.29. The van der Waals surface area contributed by atoms with Gasteiger partial charge in [-0.05, 0) is 18.9 Å². The normalized spacial score (nSPS) is 18.1. The predicted molar refractivity (Wildman–Crippen MR) is 76.1 cm³/mol. The second kappa shape index (κ2) is 6.55. The Hall–Kier alpha value is -2.12. The Kier molecular flexibility index (Phi) is 4.91. The lowest BCUT2D eigenvalue weighted by molar-refractivity contribution is -0.138. The summed E-state index contributed by atoms with van der Waals surface area (Å²) < 4.78 is 39.8. The number of nitrogens with zero attached hydrogens (tertiary/aromatic N) is 2. The van der Waals surface area contributed by atoms with Crippen LogP contribution in [-0.4, -0.2) is 28.2 Å². The molecule has 0 spiro atoms. The van der Waals surface area contributed by atoms with E-state index in [9.17, 15) is 22.8 Å². The summed E-state index contributed by atoms with van der Waals surface area (Å²) in [5.74, 6) is -0.592. The maximum absolute atomic E-state index is 13.3. The lowest BCUT2D eigenvalue weighted by atomic mass is 10.0. The number of carbonyl (C=O) groups is 2. The highest BCUT2D eigenvalue weighted by Crippen LogP contribution is 2.36. The van der Waals surface area contributed by atoms with Crippen LogP contribution in [0.2, 0.25) is 0 Å². The van der Waals surface area contributed by atoms with Crippen molar-refractivity contribution in [3.05, 3.63) is 29.1 Å². The molecule has 2 amide bonds. The molecule has 0 aromatic carbocycles. The highest BCUT2D eigenvalue weighted by Gasteiger charge is 2.36. The van der Waals surface area contributed by atoms with Crippen LogP contribution in [0.3, 0.4) is 0 Å². The van der Waals surface area contributed by atoms with Gasteiger partial charge >= 0.3 is 6.18 Å². The summed E-state index contributed by atoms with van der Waals surface area (Å²) in [5.41, 5.74) is -0.688. The summed E-state index contributed by atoms with van der Waals surface area (Å²) in [4.78, 5) is 28.1. The summed E-state index contributed by atoms with van der Waals surface area (Å²) >= 11 is 0. The van der Waals surface area contributed by atoms with Crippen LogP contribution in [0.25, 0.3) is 0 Å². The van der Waals surface area contributed by atoms with Gasteiger partial charge in [0.15, 0.2) is 0 Å². The fourth-order valence-electron chi connectivity index (χ4n) is 2.76. The SMILES string of the molecule is CC(=O)NCc1cnc(C2CCCN2C(C)=O)cc1C(F)(F)F. The molecule has 0 radical (unpaired) electrons. The second-order valence-electron chi connectivity index (χ2n) is 5.54. The second-order valence-corrected chi connectivity index (χ2v) is 5.54. The van der Waals surface area contributed by atoms with E-state index >= 15 is 0 Å². The van der Waals surface area contributed by atoms with Crippen molar-refractivity contribution in [3.8, 4) is 0 Å². The summed E-state index contributed by atoms with van der Waals surface area (Å²) in [6.07, 6.45) is -2.09. The molecule has 126 valence electrons. The quantitative estimate of drug-likeness (QED) is 0.926. The number of pyridine rings is 1. The molecule has 1 N–H and O–H groups in total. The Balaban J connectivity index is 2.36. The molecule has 1 saturated heterocycles. The zero-order chi connectivity index (χ0) is 17.2. The minimum Gasteiger partial charge on any atom is -0.352 e. The minimum absolute atomic E-state index is 0.0937. The predicted octanol–water partition coefficient (Wildman–Crippen LogP) is 2.42. The number of rotatable bonds is 3. The summed E-state index contributed by atoms with van der Waals surface area (Å²) in [5, 5.41) is 2.35. The van der Waals surface area contributed by atoms with Gasteiger partial charge in [0, 0.05) is 38.7 Å². The maximum atomic E-state index is 13.3. The number of likely N-dealkylation sites (tertiary alicyclic amines) is 1. The average Bonchev–Trinajstić information content (AvgIpc) is 2.93. The summed E-state index contributed by atoms with van der Waals surface area (Å²) in [6, 6.07) is 0.562. The smallest absolute Gasteiger partial charge is 0.352 e. The number of halogens is 3. The van der Waals surface area contributed by atoms with Crippen LogP contribution in [0.15, 0.2) is 12.3 Å². The van der Waals surface area contributed by atoms with E-state index < -0.39 is 23.7 Å². The molecule has 1 aliphatic heterocycles. The van der Waals surface area contributed by atoms with Crippen LogP contribution < -0.4 is 5.32 Å². The number of amides is 2. The molecule has 1 aromatic heterocycles. The molecule has 1 fully saturated rings. The lowest BCUT2D eigenvalue weighted by Gasteiger charge is -2.24. The largest absolute Gasteiger partial charge is 0.416 e. The van der Waals surface area contributed by atoms with E-state index in [-0.39, 0.29) is 23.7 Å². The van der Waals surface area contributed by atoms with Gasteiger partial charge in [-0.15, -0.1) is 0 Å². The molecule has 1 atom stereocenters. The van der Waals surface area contributed by atoms with Crippen LogP contribution in [-0.2, 0) is 22.3 Å². The van der Waals surface area contributed by atoms with Crippen molar-refractivity contribution < 1.29 is 22.8 Å². The van der Waals surface area contributed by atoms with Gasteiger partial charge in [-0.2, -0.15) is 13.2 Å². The molecule has 0 saturated carbocycles. The third kappa shape index (κ3) is 4.00. The molecule has 0 bridgehead atoms. The molecular weight excluding hydrogens is 311 g/mol. The topological polar surface area (TPSA) is 62.3 Å². The number of hydrogen-bond acceptors (Lipinski definition) is 3. The van der Waals surface area contributed by atoms with Gasteiger partial charge in [0.1, 0.15) is 0 Å². The number of carbonyl (C=O) groups excluding carboxylic acids is 2. The number of aromatic nitrogens is 1. The van der Waals surface area contributed by atoms with Gasteiger partial charge in [-0.25, -0.2) is 0 Å². The van der Waals surface area contributed by atoms with Crippen LogP contribution in [0, 0.1) is 0 Å². The number of hydrogen-bond donors (Lipinski definition) is 1. The highest BCUT2D eigenvalue weighted by molar-refractivity contribution is 5.74. The van der Waals surface area contributed by atoms with E-state index in [1.165, 1.54) is 18.7 Å². The first-order valence-corrected chi connectivity index (χ1v) is 7.28. The first kappa shape index (κ1) is 17.2. The van der Waals surface area contributed by atoms with Gasteiger partial charge in [-0.3, -0.25) is 14.6 Å². The summed E-state index contributed by atoms with van der Waals surface area (Å²) in [6.45, 7) is 2.92. The summed E-state index contributed by atoms with van der Waals surface area (Å²) in [7, 11) is 0. The van der Waals surface area contributed by atoms with E-state index in [0.717, 1.165) is 18.7 Å². The van der Waals surface area contributed by atoms with Crippen LogP contribution in [0.4, 0.5) is 13.2 Å². The van der Waals surface area contributed by atoms with Gasteiger partial charge in [0.25, 0.3) is 0 Å². The van der Waals surface area contributed by atoms with Crippen LogP contribution in [0.5, 0.6) is 0 Å². The molecule has 2 heterocycles. The number of alkyl halides is 3. The zero-order valence-electron chi connectivity index (χ0n) is 12.9. The van der Waals surface area contributed by atoms with Crippen molar-refractivity contribution in [1.82, 2.24) is 15.2 Å². The van der Waals surface area contributed by atoms with Crippen molar-refractivity contribution >= 4 is 11.8 Å². The molecule has 1 unspecified atom stereocenters. The maximum Gasteiger partial charge on any atom is 0.416 e. The average molecular weight is 329 g/mol. The van der Waals surface area contributed by atoms with E-state index in [0.29, 0.717) is 13.0 Å². The fourth-order valence-corrected chi connectivity index (χ4v) is 2.76. The highest BCUT2D eigenvalue weighted by atomic mass is 19.4. The Morgan fingerprint density at radius 1 is 1.39 bits per heavy atom. The van der Waals surface area contributed by atoms with Gasteiger partial charge < -0.3 is 10.2 Å². The Labute approximate surface area is 131 Å². The molecule has 1 aliphatic rings. The van der Waals surface area contributed by atoms with Crippen LogP contribution in [0.1, 0.15) is 49.6 Å². The molecule has 1 aromatic rings. The number of nitrogens with one attached hydrogen (secondary N) is 1. The molecular formula is C15H18F3N3O2. The molecule has 8 heteroatoms. The molecule has 23 heavy (non-hydrogen) atoms. The standard InChI is InChI=1S/C15H18F3N3O2/c1-9(22)19-7-11-8-20-13(6-12(11)15(16,17)18)14-4-3-5-21(14)10(2)23/h6,8,14H,3-5,7H2,1-2H3,(H,19,22). The molecule has 5 nitrogen and oxygen atoms in total. The first-order valence-electron chi connectivity index (χ1n) is 7.28. The van der Waals surface area contributed by atoms with E-state index in [1.807, 2.05) is 0 Å². The van der Waals surface area contributed by atoms with E-state index in [2.05, 4.69) is 10.3 Å². The van der Waals surface area contributed by atoms with Crippen molar-refractivity contribution in [2.24, 2.45) is 0 Å². The zero-order valence-corrected chi connectivity index (χ0v) is 12.9. The Morgan fingerprint density at radius 3 is 2.65 bits per heavy atom. The van der Waals surface area contributed by atoms with Gasteiger partial charge in [0.2, 0.25) is 11.8 Å². The minimum atomic E-state index is -4.55. The third-order valence-electron chi connectivity index (χ3n) is 3.84. The van der Waals surface area contributed by atoms with Crippen molar-refractivity contribution in [3.63, 3.8) is 0 Å². The monoisotopic (exact) mass is 329 g/mol. The Morgan fingerprint density at radius 2 is 2.09 bits per heavy atom. The Bertz CT molecular complexity index is 616. The first-order chi connectivity index (χ1) is 10.7. The van der Waals surface area contributed by atoms with Crippen molar-refractivity contribution in [2.75, 3.05) is 6.54 Å². The van der Waals surface area contributed by atoms with Gasteiger partial charge in [0.05, 0.1) is 17.3 Å².